The van der Waals surface area contributed by atoms with Gasteiger partial charge in [0.05, 0.1) is 5.52 Å². The van der Waals surface area contributed by atoms with Crippen molar-refractivity contribution in [2.75, 3.05) is 24.2 Å². The molecule has 5 heteroatoms. The molecule has 4 N–H and O–H groups in total. The van der Waals surface area contributed by atoms with Gasteiger partial charge in [-0.2, -0.15) is 0 Å². The predicted molar refractivity (Wildman–Crippen MR) is 77.9 cm³/mol. The van der Waals surface area contributed by atoms with Gasteiger partial charge < -0.3 is 16.2 Å². The van der Waals surface area contributed by atoms with Crippen molar-refractivity contribution < 1.29 is 5.11 Å². The molecule has 2 rings (SSSR count). The fraction of sp³-hybridized carbons (Fsp3) is 0.429. The molecule has 102 valence electrons. The largest absolute Gasteiger partial charge is 0.399 e. The van der Waals surface area contributed by atoms with E-state index in [-0.39, 0.29) is 6.61 Å². The number of aromatic nitrogens is 2. The van der Waals surface area contributed by atoms with E-state index >= 15 is 0 Å². The average Bonchev–Trinajstić information content (AvgIpc) is 2.43. The van der Waals surface area contributed by atoms with Gasteiger partial charge in [0.2, 0.25) is 0 Å². The quantitative estimate of drug-likeness (QED) is 0.692. The molecule has 0 saturated carbocycles. The highest BCUT2D eigenvalue weighted by Crippen LogP contribution is 2.22. The second kappa shape index (κ2) is 6.33. The summed E-state index contributed by atoms with van der Waals surface area (Å²) in [5.74, 6) is 1.24. The fourth-order valence-electron chi connectivity index (χ4n) is 2.09. The lowest BCUT2D eigenvalue weighted by Gasteiger charge is -2.15. The number of aliphatic hydroxyl groups is 1. The van der Waals surface area contributed by atoms with Crippen molar-refractivity contribution in [3.63, 3.8) is 0 Å². The Balaban J connectivity index is 2.18. The van der Waals surface area contributed by atoms with Crippen LogP contribution < -0.4 is 11.1 Å². The molecule has 0 bridgehead atoms. The van der Waals surface area contributed by atoms with Crippen molar-refractivity contribution in [2.24, 2.45) is 5.92 Å². The molecule has 0 aliphatic carbocycles. The molecule has 0 fully saturated rings. The lowest BCUT2D eigenvalue weighted by molar-refractivity contribution is 0.258. The van der Waals surface area contributed by atoms with Crippen molar-refractivity contribution in [3.05, 3.63) is 24.5 Å². The number of rotatable bonds is 6. The SMILES string of the molecule is CCC(CCO)CNc1ncnc2ccc(N)cc12. The average molecular weight is 260 g/mol. The maximum atomic E-state index is 9.00. The molecule has 0 radical (unpaired) electrons. The van der Waals surface area contributed by atoms with E-state index in [2.05, 4.69) is 22.2 Å². The summed E-state index contributed by atoms with van der Waals surface area (Å²) in [5, 5.41) is 13.3. The van der Waals surface area contributed by atoms with Gasteiger partial charge in [0, 0.05) is 24.2 Å². The molecule has 1 aromatic heterocycles. The van der Waals surface area contributed by atoms with Crippen LogP contribution in [-0.4, -0.2) is 28.2 Å². The minimum atomic E-state index is 0.220. The summed E-state index contributed by atoms with van der Waals surface area (Å²) in [6, 6.07) is 5.60. The van der Waals surface area contributed by atoms with Crippen molar-refractivity contribution in [1.29, 1.82) is 0 Å². The minimum Gasteiger partial charge on any atom is -0.399 e. The van der Waals surface area contributed by atoms with E-state index < -0.39 is 0 Å². The van der Waals surface area contributed by atoms with Crippen molar-refractivity contribution in [3.8, 4) is 0 Å². The Bertz CT molecular complexity index is 544. The number of benzene rings is 1. The molecule has 0 aliphatic rings. The van der Waals surface area contributed by atoms with Crippen LogP contribution in [0.25, 0.3) is 10.9 Å². The summed E-state index contributed by atoms with van der Waals surface area (Å²) in [6.45, 7) is 3.13. The van der Waals surface area contributed by atoms with Gasteiger partial charge >= 0.3 is 0 Å². The number of anilines is 2. The van der Waals surface area contributed by atoms with E-state index in [1.54, 1.807) is 6.33 Å². The number of nitrogens with two attached hydrogens (primary N) is 1. The molecule has 0 aliphatic heterocycles. The van der Waals surface area contributed by atoms with Gasteiger partial charge in [-0.15, -0.1) is 0 Å². The van der Waals surface area contributed by atoms with Crippen LogP contribution in [0.3, 0.4) is 0 Å². The van der Waals surface area contributed by atoms with E-state index in [0.29, 0.717) is 11.6 Å². The highest BCUT2D eigenvalue weighted by molar-refractivity contribution is 5.91. The Morgan fingerprint density at radius 1 is 1.37 bits per heavy atom. The molecule has 5 nitrogen and oxygen atoms in total. The minimum absolute atomic E-state index is 0.220. The van der Waals surface area contributed by atoms with Crippen LogP contribution in [0, 0.1) is 5.92 Å². The molecule has 0 amide bonds. The third kappa shape index (κ3) is 3.32. The Kier molecular flexibility index (Phi) is 4.52. The van der Waals surface area contributed by atoms with Gasteiger partial charge in [0.15, 0.2) is 0 Å². The molecule has 1 heterocycles. The van der Waals surface area contributed by atoms with Crippen LogP contribution in [0.1, 0.15) is 19.8 Å². The van der Waals surface area contributed by atoms with Crippen molar-refractivity contribution in [1.82, 2.24) is 9.97 Å². The summed E-state index contributed by atoms with van der Waals surface area (Å²) < 4.78 is 0. The summed E-state index contributed by atoms with van der Waals surface area (Å²) in [4.78, 5) is 8.49. The van der Waals surface area contributed by atoms with Crippen molar-refractivity contribution in [2.45, 2.75) is 19.8 Å². The van der Waals surface area contributed by atoms with Gasteiger partial charge in [-0.3, -0.25) is 0 Å². The number of nitrogens with one attached hydrogen (secondary N) is 1. The van der Waals surface area contributed by atoms with Crippen LogP contribution in [0.15, 0.2) is 24.5 Å². The maximum absolute atomic E-state index is 9.00. The first-order valence-electron chi connectivity index (χ1n) is 6.59. The van der Waals surface area contributed by atoms with Crippen LogP contribution >= 0.6 is 0 Å². The fourth-order valence-corrected chi connectivity index (χ4v) is 2.09. The standard InChI is InChI=1S/C14H20N4O/c1-2-10(5-6-19)8-16-14-12-7-11(15)3-4-13(12)17-9-18-14/h3-4,7,9-10,19H,2,5-6,8,15H2,1H3,(H,16,17,18). The first kappa shape index (κ1) is 13.5. The Morgan fingerprint density at radius 2 is 2.21 bits per heavy atom. The first-order chi connectivity index (χ1) is 9.24. The van der Waals surface area contributed by atoms with Gasteiger partial charge in [0.1, 0.15) is 12.1 Å². The zero-order chi connectivity index (χ0) is 13.7. The lowest BCUT2D eigenvalue weighted by atomic mass is 10.0. The predicted octanol–water partition coefficient (Wildman–Crippen LogP) is 2.03. The maximum Gasteiger partial charge on any atom is 0.137 e. The van der Waals surface area contributed by atoms with Gasteiger partial charge in [-0.25, -0.2) is 9.97 Å². The van der Waals surface area contributed by atoms with Crippen molar-refractivity contribution >= 4 is 22.4 Å². The number of fused-ring (bicyclic) bond motifs is 1. The zero-order valence-corrected chi connectivity index (χ0v) is 11.1. The molecular formula is C14H20N4O. The summed E-state index contributed by atoms with van der Waals surface area (Å²) in [7, 11) is 0. The van der Waals surface area contributed by atoms with Gasteiger partial charge in [-0.1, -0.05) is 13.3 Å². The smallest absolute Gasteiger partial charge is 0.137 e. The molecule has 1 unspecified atom stereocenters. The molecule has 0 saturated heterocycles. The second-order valence-corrected chi connectivity index (χ2v) is 4.67. The van der Waals surface area contributed by atoms with E-state index in [0.717, 1.165) is 36.1 Å². The van der Waals surface area contributed by atoms with Crippen LogP contribution in [0.4, 0.5) is 11.5 Å². The number of aliphatic hydroxyl groups excluding tert-OH is 1. The monoisotopic (exact) mass is 260 g/mol. The number of hydrogen-bond acceptors (Lipinski definition) is 5. The normalized spacial score (nSPS) is 12.5. The van der Waals surface area contributed by atoms with E-state index in [9.17, 15) is 0 Å². The number of nitrogen functional groups attached to an aromatic ring is 1. The van der Waals surface area contributed by atoms with E-state index in [1.165, 1.54) is 0 Å². The molecule has 2 aromatic rings. The summed E-state index contributed by atoms with van der Waals surface area (Å²) in [5.41, 5.74) is 7.38. The second-order valence-electron chi connectivity index (χ2n) is 4.67. The molecule has 1 aromatic carbocycles. The zero-order valence-electron chi connectivity index (χ0n) is 11.1. The lowest BCUT2D eigenvalue weighted by Crippen LogP contribution is -2.16. The van der Waals surface area contributed by atoms with E-state index in [4.69, 9.17) is 10.8 Å². The van der Waals surface area contributed by atoms with E-state index in [1.807, 2.05) is 18.2 Å². The highest BCUT2D eigenvalue weighted by Gasteiger charge is 2.08. The third-order valence-electron chi connectivity index (χ3n) is 3.33. The molecule has 19 heavy (non-hydrogen) atoms. The summed E-state index contributed by atoms with van der Waals surface area (Å²) >= 11 is 0. The molecular weight excluding hydrogens is 240 g/mol. The molecule has 0 spiro atoms. The third-order valence-corrected chi connectivity index (χ3v) is 3.33. The van der Waals surface area contributed by atoms with Crippen LogP contribution in [0.5, 0.6) is 0 Å². The number of hydrogen-bond donors (Lipinski definition) is 3. The van der Waals surface area contributed by atoms with Gasteiger partial charge in [0.25, 0.3) is 0 Å². The van der Waals surface area contributed by atoms with Crippen LogP contribution in [0.2, 0.25) is 0 Å². The first-order valence-corrected chi connectivity index (χ1v) is 6.59. The topological polar surface area (TPSA) is 84.1 Å². The summed E-state index contributed by atoms with van der Waals surface area (Å²) in [6.07, 6.45) is 3.38. The molecule has 1 atom stereocenters. The number of nitrogens with zero attached hydrogens (tertiary/aromatic N) is 2. The highest BCUT2D eigenvalue weighted by atomic mass is 16.3. The Labute approximate surface area is 112 Å². The Hall–Kier alpha value is -1.88. The van der Waals surface area contributed by atoms with Gasteiger partial charge in [-0.05, 0) is 30.5 Å². The van der Waals surface area contributed by atoms with Crippen LogP contribution in [-0.2, 0) is 0 Å². The Morgan fingerprint density at radius 3 is 2.95 bits per heavy atom.